The van der Waals surface area contributed by atoms with E-state index in [1.165, 1.54) is 0 Å². The summed E-state index contributed by atoms with van der Waals surface area (Å²) in [7, 11) is 0. The molecule has 0 aromatic heterocycles. The van der Waals surface area contributed by atoms with Crippen LogP contribution < -0.4 is 14.8 Å². The molecule has 0 spiro atoms. The van der Waals surface area contributed by atoms with Gasteiger partial charge in [0.15, 0.2) is 6.10 Å². The van der Waals surface area contributed by atoms with Crippen molar-refractivity contribution in [1.82, 2.24) is 5.32 Å². The van der Waals surface area contributed by atoms with E-state index in [4.69, 9.17) is 9.47 Å². The quantitative estimate of drug-likeness (QED) is 0.851. The van der Waals surface area contributed by atoms with Gasteiger partial charge in [-0.1, -0.05) is 30.3 Å². The minimum Gasteiger partial charge on any atom is -0.494 e. The number of benzene rings is 2. The third-order valence-electron chi connectivity index (χ3n) is 3.40. The van der Waals surface area contributed by atoms with Crippen LogP contribution >= 0.6 is 0 Å². The fourth-order valence-electron chi connectivity index (χ4n) is 2.22. The van der Waals surface area contributed by atoms with E-state index >= 15 is 0 Å². The van der Waals surface area contributed by atoms with Crippen LogP contribution in [-0.4, -0.2) is 18.6 Å². The zero-order valence-electron chi connectivity index (χ0n) is 13.8. The van der Waals surface area contributed by atoms with Crippen LogP contribution in [0.1, 0.15) is 25.0 Å². The number of carbonyl (C=O) groups excluding carboxylic acids is 1. The molecule has 2 rings (SSSR count). The summed E-state index contributed by atoms with van der Waals surface area (Å²) in [6, 6.07) is 15.3. The maximum atomic E-state index is 12.2. The van der Waals surface area contributed by atoms with Gasteiger partial charge in [-0.2, -0.15) is 0 Å². The van der Waals surface area contributed by atoms with E-state index in [0.29, 0.717) is 18.9 Å². The number of hydrogen-bond donors (Lipinski definition) is 1. The minimum atomic E-state index is -0.559. The predicted molar refractivity (Wildman–Crippen MR) is 90.7 cm³/mol. The van der Waals surface area contributed by atoms with Crippen LogP contribution in [0.5, 0.6) is 11.5 Å². The Morgan fingerprint density at radius 3 is 2.70 bits per heavy atom. The third kappa shape index (κ3) is 5.02. The average molecular weight is 313 g/mol. The van der Waals surface area contributed by atoms with Crippen LogP contribution in [0.4, 0.5) is 0 Å². The summed E-state index contributed by atoms with van der Waals surface area (Å²) < 4.78 is 11.2. The van der Waals surface area contributed by atoms with Crippen molar-refractivity contribution in [1.29, 1.82) is 0 Å². The molecule has 0 aliphatic carbocycles. The highest BCUT2D eigenvalue weighted by atomic mass is 16.5. The number of amides is 1. The smallest absolute Gasteiger partial charge is 0.261 e. The van der Waals surface area contributed by atoms with Crippen molar-refractivity contribution in [2.24, 2.45) is 0 Å². The van der Waals surface area contributed by atoms with Crippen molar-refractivity contribution >= 4 is 5.91 Å². The van der Waals surface area contributed by atoms with Gasteiger partial charge in [-0.05, 0) is 44.5 Å². The van der Waals surface area contributed by atoms with Crippen LogP contribution in [0.3, 0.4) is 0 Å². The van der Waals surface area contributed by atoms with Crippen LogP contribution in [-0.2, 0) is 11.3 Å². The molecule has 1 amide bonds. The van der Waals surface area contributed by atoms with Gasteiger partial charge in [0.2, 0.25) is 0 Å². The largest absolute Gasteiger partial charge is 0.494 e. The molecule has 0 fully saturated rings. The summed E-state index contributed by atoms with van der Waals surface area (Å²) in [5, 5.41) is 2.89. The van der Waals surface area contributed by atoms with Crippen LogP contribution in [0.25, 0.3) is 0 Å². The number of para-hydroxylation sites is 1. The Balaban J connectivity index is 1.91. The standard InChI is InChI=1S/C19H23NO3/c1-4-22-18-11-6-5-9-16(18)13-20-19(21)15(3)23-17-10-7-8-14(2)12-17/h5-12,15H,4,13H2,1-3H3,(H,20,21)/t15-/m1/s1. The molecule has 0 aliphatic rings. The first kappa shape index (κ1) is 16.9. The van der Waals surface area contributed by atoms with Crippen molar-refractivity contribution in [2.75, 3.05) is 6.61 Å². The molecule has 122 valence electrons. The molecule has 2 aromatic rings. The Hall–Kier alpha value is -2.49. The average Bonchev–Trinajstić information content (AvgIpc) is 2.54. The molecule has 0 saturated heterocycles. The van der Waals surface area contributed by atoms with E-state index in [9.17, 15) is 4.79 Å². The van der Waals surface area contributed by atoms with Gasteiger partial charge < -0.3 is 14.8 Å². The molecule has 0 heterocycles. The first-order valence-electron chi connectivity index (χ1n) is 7.82. The molecule has 0 radical (unpaired) electrons. The normalized spacial score (nSPS) is 11.6. The van der Waals surface area contributed by atoms with Crippen molar-refractivity contribution in [3.63, 3.8) is 0 Å². The Bertz CT molecular complexity index is 655. The molecule has 1 atom stereocenters. The number of nitrogens with one attached hydrogen (secondary N) is 1. The second-order valence-electron chi connectivity index (χ2n) is 5.34. The summed E-state index contributed by atoms with van der Waals surface area (Å²) in [5.74, 6) is 1.34. The maximum absolute atomic E-state index is 12.2. The Morgan fingerprint density at radius 2 is 1.96 bits per heavy atom. The predicted octanol–water partition coefficient (Wildman–Crippen LogP) is 3.48. The summed E-state index contributed by atoms with van der Waals surface area (Å²) in [5.41, 5.74) is 2.05. The number of rotatable bonds is 7. The summed E-state index contributed by atoms with van der Waals surface area (Å²) >= 11 is 0. The second kappa shape index (κ2) is 8.22. The molecule has 0 bridgehead atoms. The summed E-state index contributed by atoms with van der Waals surface area (Å²) in [6.45, 7) is 6.68. The van der Waals surface area contributed by atoms with Crippen LogP contribution in [0, 0.1) is 6.92 Å². The molecule has 4 heteroatoms. The fourth-order valence-corrected chi connectivity index (χ4v) is 2.22. The highest BCUT2D eigenvalue weighted by Crippen LogP contribution is 2.18. The number of carbonyl (C=O) groups is 1. The Kier molecular flexibility index (Phi) is 6.03. The van der Waals surface area contributed by atoms with Gasteiger partial charge in [-0.3, -0.25) is 4.79 Å². The van der Waals surface area contributed by atoms with Gasteiger partial charge in [0.25, 0.3) is 5.91 Å². The van der Waals surface area contributed by atoms with Crippen LogP contribution in [0.2, 0.25) is 0 Å². The van der Waals surface area contributed by atoms with Crippen LogP contribution in [0.15, 0.2) is 48.5 Å². The van der Waals surface area contributed by atoms with Gasteiger partial charge in [0.05, 0.1) is 6.61 Å². The summed E-state index contributed by atoms with van der Waals surface area (Å²) in [6.07, 6.45) is -0.559. The van der Waals surface area contributed by atoms with Gasteiger partial charge in [0.1, 0.15) is 11.5 Å². The summed E-state index contributed by atoms with van der Waals surface area (Å²) in [4.78, 5) is 12.2. The van der Waals surface area contributed by atoms with Crippen molar-refractivity contribution in [2.45, 2.75) is 33.4 Å². The lowest BCUT2D eigenvalue weighted by Gasteiger charge is -2.16. The first-order chi connectivity index (χ1) is 11.1. The lowest BCUT2D eigenvalue weighted by Crippen LogP contribution is -2.36. The van der Waals surface area contributed by atoms with Crippen molar-refractivity contribution < 1.29 is 14.3 Å². The van der Waals surface area contributed by atoms with Gasteiger partial charge in [0, 0.05) is 12.1 Å². The van der Waals surface area contributed by atoms with Gasteiger partial charge >= 0.3 is 0 Å². The highest BCUT2D eigenvalue weighted by Gasteiger charge is 2.15. The number of aryl methyl sites for hydroxylation is 1. The zero-order valence-corrected chi connectivity index (χ0v) is 13.8. The SMILES string of the molecule is CCOc1ccccc1CNC(=O)[C@@H](C)Oc1cccc(C)c1. The molecule has 2 aromatic carbocycles. The van der Waals surface area contributed by atoms with E-state index in [-0.39, 0.29) is 5.91 Å². The molecule has 0 saturated carbocycles. The number of hydrogen-bond acceptors (Lipinski definition) is 3. The van der Waals surface area contributed by atoms with Crippen molar-refractivity contribution in [3.05, 3.63) is 59.7 Å². The van der Waals surface area contributed by atoms with E-state index < -0.39 is 6.10 Å². The van der Waals surface area contributed by atoms with E-state index in [1.807, 2.05) is 62.4 Å². The van der Waals surface area contributed by atoms with Gasteiger partial charge in [-0.25, -0.2) is 0 Å². The number of ether oxygens (including phenoxy) is 2. The fraction of sp³-hybridized carbons (Fsp3) is 0.316. The van der Waals surface area contributed by atoms with E-state index in [0.717, 1.165) is 16.9 Å². The Morgan fingerprint density at radius 1 is 1.17 bits per heavy atom. The van der Waals surface area contributed by atoms with Crippen molar-refractivity contribution in [3.8, 4) is 11.5 Å². The maximum Gasteiger partial charge on any atom is 0.261 e. The molecule has 23 heavy (non-hydrogen) atoms. The molecule has 1 N–H and O–H groups in total. The van der Waals surface area contributed by atoms with E-state index in [1.54, 1.807) is 6.92 Å². The second-order valence-corrected chi connectivity index (χ2v) is 5.34. The monoisotopic (exact) mass is 313 g/mol. The molecular formula is C19H23NO3. The molecule has 0 unspecified atom stereocenters. The Labute approximate surface area is 137 Å². The van der Waals surface area contributed by atoms with E-state index in [2.05, 4.69) is 5.32 Å². The highest BCUT2D eigenvalue weighted by molar-refractivity contribution is 5.80. The topological polar surface area (TPSA) is 47.6 Å². The zero-order chi connectivity index (χ0) is 16.7. The lowest BCUT2D eigenvalue weighted by atomic mass is 10.2. The molecular weight excluding hydrogens is 290 g/mol. The minimum absolute atomic E-state index is 0.155. The first-order valence-corrected chi connectivity index (χ1v) is 7.82. The third-order valence-corrected chi connectivity index (χ3v) is 3.40. The van der Waals surface area contributed by atoms with Gasteiger partial charge in [-0.15, -0.1) is 0 Å². The molecule has 0 aliphatic heterocycles. The lowest BCUT2D eigenvalue weighted by molar-refractivity contribution is -0.127. The molecule has 4 nitrogen and oxygen atoms in total.